The number of non-ortho nitro benzene ring substituents is 1. The van der Waals surface area contributed by atoms with Crippen LogP contribution in [-0.2, 0) is 0 Å². The second kappa shape index (κ2) is 8.48. The molecule has 0 N–H and O–H groups in total. The maximum atomic E-state index is 12.7. The quantitative estimate of drug-likeness (QED) is 0.372. The Morgan fingerprint density at radius 2 is 1.95 bits per heavy atom. The Hall–Kier alpha value is -0.950. The van der Waals surface area contributed by atoms with E-state index in [4.69, 9.17) is 0 Å². The Morgan fingerprint density at radius 1 is 1.33 bits per heavy atom. The summed E-state index contributed by atoms with van der Waals surface area (Å²) in [5, 5.41) is 11.6. The van der Waals surface area contributed by atoms with Gasteiger partial charge in [0.1, 0.15) is 0 Å². The standard InChI is InChI=1S/C14H18Br2N2O3/c1-3-12(4-2)17(6-5-15)14(19)10-7-11(16)9-13(8-10)18(20)21/h7-9,12H,3-6H2,1-2H3. The van der Waals surface area contributed by atoms with E-state index in [1.54, 1.807) is 11.0 Å². The summed E-state index contributed by atoms with van der Waals surface area (Å²) >= 11 is 6.58. The minimum absolute atomic E-state index is 0.0870. The first kappa shape index (κ1) is 18.1. The SMILES string of the molecule is CCC(CC)N(CCBr)C(=O)c1cc(Br)cc([N+](=O)[O-])c1. The first-order valence-corrected chi connectivity index (χ1v) is 8.67. The highest BCUT2D eigenvalue weighted by Gasteiger charge is 2.23. The first-order chi connectivity index (χ1) is 9.94. The molecule has 1 amide bonds. The number of benzene rings is 1. The predicted molar refractivity (Wildman–Crippen MR) is 90.0 cm³/mol. The van der Waals surface area contributed by atoms with E-state index < -0.39 is 4.92 Å². The lowest BCUT2D eigenvalue weighted by Crippen LogP contribution is -2.41. The summed E-state index contributed by atoms with van der Waals surface area (Å²) in [6.45, 7) is 4.64. The molecule has 21 heavy (non-hydrogen) atoms. The van der Waals surface area contributed by atoms with Crippen molar-refractivity contribution in [1.29, 1.82) is 0 Å². The van der Waals surface area contributed by atoms with Crippen LogP contribution in [0.5, 0.6) is 0 Å². The summed E-state index contributed by atoms with van der Waals surface area (Å²) in [4.78, 5) is 24.9. The van der Waals surface area contributed by atoms with E-state index in [1.807, 2.05) is 13.8 Å². The number of carbonyl (C=O) groups is 1. The van der Waals surface area contributed by atoms with Crippen molar-refractivity contribution in [3.05, 3.63) is 38.3 Å². The van der Waals surface area contributed by atoms with Gasteiger partial charge in [0, 0.05) is 40.1 Å². The molecule has 1 aromatic rings. The molecule has 116 valence electrons. The maximum absolute atomic E-state index is 12.7. The average molecular weight is 422 g/mol. The Labute approximate surface area is 141 Å². The number of nitro groups is 1. The van der Waals surface area contributed by atoms with Crippen LogP contribution < -0.4 is 0 Å². The van der Waals surface area contributed by atoms with Gasteiger partial charge in [0.2, 0.25) is 0 Å². The van der Waals surface area contributed by atoms with Gasteiger partial charge in [0.25, 0.3) is 11.6 Å². The molecule has 1 rings (SSSR count). The fourth-order valence-corrected chi connectivity index (χ4v) is 3.10. The van der Waals surface area contributed by atoms with Gasteiger partial charge in [0.15, 0.2) is 0 Å². The van der Waals surface area contributed by atoms with Crippen LogP contribution in [0.4, 0.5) is 5.69 Å². The molecule has 0 bridgehead atoms. The van der Waals surface area contributed by atoms with Crippen molar-refractivity contribution < 1.29 is 9.72 Å². The molecule has 0 heterocycles. The highest BCUT2D eigenvalue weighted by Crippen LogP contribution is 2.23. The lowest BCUT2D eigenvalue weighted by molar-refractivity contribution is -0.385. The van der Waals surface area contributed by atoms with E-state index in [9.17, 15) is 14.9 Å². The number of hydrogen-bond donors (Lipinski definition) is 0. The third kappa shape index (κ3) is 4.78. The molecule has 7 heteroatoms. The fraction of sp³-hybridized carbons (Fsp3) is 0.500. The zero-order chi connectivity index (χ0) is 16.0. The van der Waals surface area contributed by atoms with Gasteiger partial charge in [-0.2, -0.15) is 0 Å². The fourth-order valence-electron chi connectivity index (χ4n) is 2.24. The average Bonchev–Trinajstić information content (AvgIpc) is 2.46. The second-order valence-electron chi connectivity index (χ2n) is 4.61. The molecule has 0 aliphatic heterocycles. The minimum Gasteiger partial charge on any atom is -0.335 e. The van der Waals surface area contributed by atoms with Crippen LogP contribution in [-0.4, -0.2) is 33.6 Å². The number of halogens is 2. The van der Waals surface area contributed by atoms with Crippen molar-refractivity contribution in [3.8, 4) is 0 Å². The zero-order valence-electron chi connectivity index (χ0n) is 12.0. The molecule has 0 atom stereocenters. The van der Waals surface area contributed by atoms with Crippen molar-refractivity contribution in [2.45, 2.75) is 32.7 Å². The number of carbonyl (C=O) groups excluding carboxylic acids is 1. The van der Waals surface area contributed by atoms with Crippen LogP contribution in [0, 0.1) is 10.1 Å². The molecule has 0 saturated heterocycles. The Kier molecular flexibility index (Phi) is 7.31. The molecule has 5 nitrogen and oxygen atoms in total. The highest BCUT2D eigenvalue weighted by molar-refractivity contribution is 9.10. The minimum atomic E-state index is -0.493. The topological polar surface area (TPSA) is 63.5 Å². The maximum Gasteiger partial charge on any atom is 0.271 e. The summed E-state index contributed by atoms with van der Waals surface area (Å²) in [6.07, 6.45) is 1.71. The number of alkyl halides is 1. The lowest BCUT2D eigenvalue weighted by Gasteiger charge is -2.30. The van der Waals surface area contributed by atoms with Gasteiger partial charge in [-0.25, -0.2) is 0 Å². The molecular formula is C14H18Br2N2O3. The van der Waals surface area contributed by atoms with Gasteiger partial charge < -0.3 is 4.90 Å². The monoisotopic (exact) mass is 420 g/mol. The van der Waals surface area contributed by atoms with Gasteiger partial charge in [0.05, 0.1) is 4.92 Å². The van der Waals surface area contributed by atoms with Crippen molar-refractivity contribution >= 4 is 43.5 Å². The largest absolute Gasteiger partial charge is 0.335 e. The summed E-state index contributed by atoms with van der Waals surface area (Å²) in [5.41, 5.74) is 0.250. The number of amides is 1. The van der Waals surface area contributed by atoms with Crippen molar-refractivity contribution in [2.24, 2.45) is 0 Å². The van der Waals surface area contributed by atoms with Crippen LogP contribution in [0.15, 0.2) is 22.7 Å². The number of rotatable bonds is 7. The van der Waals surface area contributed by atoms with Gasteiger partial charge in [-0.15, -0.1) is 0 Å². The molecule has 0 aromatic heterocycles. The molecule has 0 aliphatic carbocycles. The van der Waals surface area contributed by atoms with E-state index in [-0.39, 0.29) is 17.6 Å². The normalized spacial score (nSPS) is 10.7. The Balaban J connectivity index is 3.16. The molecule has 1 aromatic carbocycles. The van der Waals surface area contributed by atoms with Crippen LogP contribution in [0.25, 0.3) is 0 Å². The molecule has 0 aliphatic rings. The van der Waals surface area contributed by atoms with E-state index in [0.717, 1.165) is 12.8 Å². The van der Waals surface area contributed by atoms with Gasteiger partial charge >= 0.3 is 0 Å². The Morgan fingerprint density at radius 3 is 2.43 bits per heavy atom. The van der Waals surface area contributed by atoms with Crippen LogP contribution in [0.3, 0.4) is 0 Å². The van der Waals surface area contributed by atoms with Crippen molar-refractivity contribution in [2.75, 3.05) is 11.9 Å². The van der Waals surface area contributed by atoms with Gasteiger partial charge in [-0.3, -0.25) is 14.9 Å². The molecule has 0 saturated carbocycles. The first-order valence-electron chi connectivity index (χ1n) is 6.76. The zero-order valence-corrected chi connectivity index (χ0v) is 15.2. The van der Waals surface area contributed by atoms with E-state index in [2.05, 4.69) is 31.9 Å². The number of nitrogens with zero attached hydrogens (tertiary/aromatic N) is 2. The highest BCUT2D eigenvalue weighted by atomic mass is 79.9. The van der Waals surface area contributed by atoms with Gasteiger partial charge in [-0.1, -0.05) is 45.7 Å². The molecule has 0 radical (unpaired) electrons. The third-order valence-corrected chi connectivity index (χ3v) is 4.12. The summed E-state index contributed by atoms with van der Waals surface area (Å²) in [6, 6.07) is 4.48. The lowest BCUT2D eigenvalue weighted by atomic mass is 10.1. The van der Waals surface area contributed by atoms with Crippen molar-refractivity contribution in [1.82, 2.24) is 4.90 Å². The number of hydrogen-bond acceptors (Lipinski definition) is 3. The van der Waals surface area contributed by atoms with Crippen LogP contribution in [0.1, 0.15) is 37.0 Å². The van der Waals surface area contributed by atoms with Crippen LogP contribution in [0.2, 0.25) is 0 Å². The van der Waals surface area contributed by atoms with E-state index in [0.29, 0.717) is 21.9 Å². The van der Waals surface area contributed by atoms with Crippen molar-refractivity contribution in [3.63, 3.8) is 0 Å². The summed E-state index contributed by atoms with van der Waals surface area (Å²) in [5.74, 6) is -0.174. The second-order valence-corrected chi connectivity index (χ2v) is 6.32. The molecule has 0 unspecified atom stereocenters. The predicted octanol–water partition coefficient (Wildman–Crippen LogP) is 4.38. The summed E-state index contributed by atoms with van der Waals surface area (Å²) in [7, 11) is 0. The Bertz CT molecular complexity index is 519. The summed E-state index contributed by atoms with van der Waals surface area (Å²) < 4.78 is 0.531. The molecular weight excluding hydrogens is 404 g/mol. The van der Waals surface area contributed by atoms with Crippen LogP contribution >= 0.6 is 31.9 Å². The van der Waals surface area contributed by atoms with E-state index in [1.165, 1.54) is 12.1 Å². The third-order valence-electron chi connectivity index (χ3n) is 3.31. The van der Waals surface area contributed by atoms with E-state index >= 15 is 0 Å². The van der Waals surface area contributed by atoms with Gasteiger partial charge in [-0.05, 0) is 18.9 Å². The molecule has 0 spiro atoms. The molecule has 0 fully saturated rings. The smallest absolute Gasteiger partial charge is 0.271 e. The number of nitro benzene ring substituents is 1.